The highest BCUT2D eigenvalue weighted by molar-refractivity contribution is 7.13. The topological polar surface area (TPSA) is 38.9 Å². The third-order valence-corrected chi connectivity index (χ3v) is 3.87. The molecule has 1 heterocycles. The van der Waals surface area contributed by atoms with Crippen LogP contribution in [0.15, 0.2) is 29.6 Å². The average Bonchev–Trinajstić information content (AvgIpc) is 2.86. The molecule has 2 aromatic rings. The van der Waals surface area contributed by atoms with E-state index in [0.29, 0.717) is 0 Å². The van der Waals surface area contributed by atoms with E-state index in [-0.39, 0.29) is 0 Å². The molecule has 3 heteroatoms. The minimum atomic E-state index is 0.735. The Bertz CT molecular complexity index is 473. The van der Waals surface area contributed by atoms with Crippen molar-refractivity contribution in [1.82, 2.24) is 4.98 Å². The van der Waals surface area contributed by atoms with Gasteiger partial charge in [-0.15, -0.1) is 11.3 Å². The van der Waals surface area contributed by atoms with Crippen molar-refractivity contribution < 1.29 is 0 Å². The van der Waals surface area contributed by atoms with Crippen molar-refractivity contribution in [3.63, 3.8) is 0 Å². The summed E-state index contributed by atoms with van der Waals surface area (Å²) in [7, 11) is 0. The number of hydrogen-bond donors (Lipinski definition) is 1. The van der Waals surface area contributed by atoms with Crippen LogP contribution in [-0.2, 0) is 12.8 Å². The second-order valence-electron chi connectivity index (χ2n) is 4.48. The van der Waals surface area contributed by atoms with Gasteiger partial charge in [-0.2, -0.15) is 0 Å². The van der Waals surface area contributed by atoms with Gasteiger partial charge >= 0.3 is 0 Å². The zero-order valence-corrected chi connectivity index (χ0v) is 11.7. The standard InChI is InChI=1S/C15H20N2S/c1-2-4-12-6-8-13(9-7-12)15-17-14(11-18-15)5-3-10-16/h6-9,11H,2-5,10,16H2,1H3. The molecule has 2 nitrogen and oxygen atoms in total. The van der Waals surface area contributed by atoms with Crippen LogP contribution in [0.1, 0.15) is 31.0 Å². The molecule has 18 heavy (non-hydrogen) atoms. The molecule has 0 spiro atoms. The van der Waals surface area contributed by atoms with E-state index in [9.17, 15) is 0 Å². The van der Waals surface area contributed by atoms with Gasteiger partial charge in [-0.3, -0.25) is 0 Å². The minimum absolute atomic E-state index is 0.735. The number of rotatable bonds is 6. The lowest BCUT2D eigenvalue weighted by Crippen LogP contribution is -2.00. The van der Waals surface area contributed by atoms with Crippen molar-refractivity contribution in [2.75, 3.05) is 6.54 Å². The predicted octanol–water partition coefficient (Wildman–Crippen LogP) is 3.65. The molecule has 2 N–H and O–H groups in total. The first-order chi connectivity index (χ1) is 8.83. The maximum Gasteiger partial charge on any atom is 0.123 e. The number of nitrogens with two attached hydrogens (primary N) is 1. The quantitative estimate of drug-likeness (QED) is 0.861. The third-order valence-electron chi connectivity index (χ3n) is 2.93. The molecule has 0 bridgehead atoms. The van der Waals surface area contributed by atoms with Crippen LogP contribution in [0.2, 0.25) is 0 Å². The van der Waals surface area contributed by atoms with Gasteiger partial charge in [0, 0.05) is 10.9 Å². The lowest BCUT2D eigenvalue weighted by molar-refractivity contribution is 0.816. The molecule has 1 aromatic heterocycles. The third kappa shape index (κ3) is 3.40. The van der Waals surface area contributed by atoms with Crippen LogP contribution < -0.4 is 5.73 Å². The van der Waals surface area contributed by atoms with Gasteiger partial charge < -0.3 is 5.73 Å². The van der Waals surface area contributed by atoms with Crippen LogP contribution in [-0.4, -0.2) is 11.5 Å². The van der Waals surface area contributed by atoms with E-state index in [1.54, 1.807) is 11.3 Å². The maximum atomic E-state index is 5.52. The van der Waals surface area contributed by atoms with Gasteiger partial charge in [-0.05, 0) is 31.4 Å². The highest BCUT2D eigenvalue weighted by atomic mass is 32.1. The van der Waals surface area contributed by atoms with E-state index in [1.807, 2.05) is 0 Å². The van der Waals surface area contributed by atoms with E-state index in [2.05, 4.69) is 41.6 Å². The molecular weight excluding hydrogens is 240 g/mol. The largest absolute Gasteiger partial charge is 0.330 e. The maximum absolute atomic E-state index is 5.52. The molecule has 0 aliphatic rings. The Morgan fingerprint density at radius 1 is 1.17 bits per heavy atom. The Labute approximate surface area is 113 Å². The molecule has 0 saturated heterocycles. The molecule has 0 aliphatic heterocycles. The van der Waals surface area contributed by atoms with E-state index >= 15 is 0 Å². The van der Waals surface area contributed by atoms with E-state index in [1.165, 1.54) is 17.5 Å². The molecular formula is C15H20N2S. The summed E-state index contributed by atoms with van der Waals surface area (Å²) in [6, 6.07) is 8.77. The zero-order valence-electron chi connectivity index (χ0n) is 10.9. The van der Waals surface area contributed by atoms with E-state index in [4.69, 9.17) is 5.73 Å². The van der Waals surface area contributed by atoms with Gasteiger partial charge in [0.1, 0.15) is 5.01 Å². The van der Waals surface area contributed by atoms with Gasteiger partial charge in [0.2, 0.25) is 0 Å². The zero-order chi connectivity index (χ0) is 12.8. The SMILES string of the molecule is CCCc1ccc(-c2nc(CCCN)cs2)cc1. The molecule has 0 unspecified atom stereocenters. The van der Waals surface area contributed by atoms with E-state index in [0.717, 1.165) is 36.5 Å². The summed E-state index contributed by atoms with van der Waals surface area (Å²) in [5.74, 6) is 0. The number of nitrogens with zero attached hydrogens (tertiary/aromatic N) is 1. The first-order valence-corrected chi connectivity index (χ1v) is 7.45. The van der Waals surface area contributed by atoms with Gasteiger partial charge in [-0.25, -0.2) is 4.98 Å². The minimum Gasteiger partial charge on any atom is -0.330 e. The highest BCUT2D eigenvalue weighted by Crippen LogP contribution is 2.24. The van der Waals surface area contributed by atoms with Gasteiger partial charge in [0.25, 0.3) is 0 Å². The van der Waals surface area contributed by atoms with Crippen molar-refractivity contribution in [1.29, 1.82) is 0 Å². The fraction of sp³-hybridized carbons (Fsp3) is 0.400. The Kier molecular flexibility index (Phi) is 4.90. The van der Waals surface area contributed by atoms with Gasteiger partial charge in [0.05, 0.1) is 5.69 Å². The summed E-state index contributed by atoms with van der Waals surface area (Å²) < 4.78 is 0. The molecule has 1 aromatic carbocycles. The highest BCUT2D eigenvalue weighted by Gasteiger charge is 2.04. The number of thiazole rings is 1. The molecule has 0 amide bonds. The smallest absolute Gasteiger partial charge is 0.123 e. The Balaban J connectivity index is 2.08. The molecule has 0 radical (unpaired) electrons. The van der Waals surface area contributed by atoms with Crippen molar-refractivity contribution in [3.8, 4) is 10.6 Å². The summed E-state index contributed by atoms with van der Waals surface area (Å²) >= 11 is 1.72. The van der Waals surface area contributed by atoms with Crippen LogP contribution in [0.5, 0.6) is 0 Å². The first kappa shape index (κ1) is 13.2. The predicted molar refractivity (Wildman–Crippen MR) is 78.9 cm³/mol. The fourth-order valence-electron chi connectivity index (χ4n) is 1.94. The van der Waals surface area contributed by atoms with Crippen molar-refractivity contribution in [2.45, 2.75) is 32.6 Å². The van der Waals surface area contributed by atoms with Crippen LogP contribution in [0.3, 0.4) is 0 Å². The molecule has 0 fully saturated rings. The first-order valence-electron chi connectivity index (χ1n) is 6.57. The van der Waals surface area contributed by atoms with Crippen LogP contribution in [0.25, 0.3) is 10.6 Å². The lowest BCUT2D eigenvalue weighted by atomic mass is 10.1. The number of aryl methyl sites for hydroxylation is 2. The molecule has 96 valence electrons. The molecule has 2 rings (SSSR count). The lowest BCUT2D eigenvalue weighted by Gasteiger charge is -2.00. The average molecular weight is 260 g/mol. The van der Waals surface area contributed by atoms with Crippen LogP contribution in [0.4, 0.5) is 0 Å². The van der Waals surface area contributed by atoms with Crippen LogP contribution >= 0.6 is 11.3 Å². The Morgan fingerprint density at radius 2 is 1.94 bits per heavy atom. The molecule has 0 saturated carbocycles. The summed E-state index contributed by atoms with van der Waals surface area (Å²) in [4.78, 5) is 4.66. The number of hydrogen-bond acceptors (Lipinski definition) is 3. The van der Waals surface area contributed by atoms with Crippen molar-refractivity contribution >= 4 is 11.3 Å². The monoisotopic (exact) mass is 260 g/mol. The summed E-state index contributed by atoms with van der Waals surface area (Å²) in [6.07, 6.45) is 4.35. The van der Waals surface area contributed by atoms with E-state index < -0.39 is 0 Å². The second kappa shape index (κ2) is 6.66. The summed E-state index contributed by atoms with van der Waals surface area (Å²) in [6.45, 7) is 2.94. The van der Waals surface area contributed by atoms with Gasteiger partial charge in [-0.1, -0.05) is 37.6 Å². The summed E-state index contributed by atoms with van der Waals surface area (Å²) in [5.41, 5.74) is 9.30. The van der Waals surface area contributed by atoms with Crippen molar-refractivity contribution in [3.05, 3.63) is 40.9 Å². The Morgan fingerprint density at radius 3 is 2.61 bits per heavy atom. The normalized spacial score (nSPS) is 10.8. The fourth-order valence-corrected chi connectivity index (χ4v) is 2.80. The number of aromatic nitrogens is 1. The molecule has 0 aliphatic carbocycles. The Hall–Kier alpha value is -1.19. The summed E-state index contributed by atoms with van der Waals surface area (Å²) in [5, 5.41) is 3.26. The van der Waals surface area contributed by atoms with Crippen LogP contribution in [0, 0.1) is 0 Å². The van der Waals surface area contributed by atoms with Crippen molar-refractivity contribution in [2.24, 2.45) is 5.73 Å². The van der Waals surface area contributed by atoms with Gasteiger partial charge in [0.15, 0.2) is 0 Å². The second-order valence-corrected chi connectivity index (χ2v) is 5.34. The number of benzene rings is 1. The molecule has 0 atom stereocenters.